The third-order valence-corrected chi connectivity index (χ3v) is 2.23. The monoisotopic (exact) mass is 258 g/mol. The zero-order chi connectivity index (χ0) is 13.8. The van der Waals surface area contributed by atoms with Gasteiger partial charge >= 0.3 is 5.97 Å². The molecule has 0 spiro atoms. The molecule has 0 bridgehead atoms. The number of hydrogen-bond donors (Lipinski definition) is 3. The number of carbonyl (C=O) groups excluding carboxylic acids is 1. The highest BCUT2D eigenvalue weighted by atomic mass is 16.4. The first-order valence-electron chi connectivity index (χ1n) is 5.73. The van der Waals surface area contributed by atoms with E-state index < -0.39 is 18.6 Å². The number of carbonyl (C=O) groups is 2. The molecule has 0 aromatic rings. The van der Waals surface area contributed by atoms with Crippen molar-refractivity contribution >= 4 is 11.9 Å². The fraction of sp³-hybridized carbons (Fsp3) is 0.800. The summed E-state index contributed by atoms with van der Waals surface area (Å²) in [6.07, 6.45) is 2.09. The van der Waals surface area contributed by atoms with Crippen LogP contribution in [0.2, 0.25) is 0 Å². The van der Waals surface area contributed by atoms with Crippen molar-refractivity contribution in [3.63, 3.8) is 0 Å². The predicted octanol–water partition coefficient (Wildman–Crippen LogP) is 0.809. The van der Waals surface area contributed by atoms with Crippen LogP contribution >= 0.6 is 0 Å². The van der Waals surface area contributed by atoms with Crippen molar-refractivity contribution in [2.45, 2.75) is 38.1 Å². The second-order valence-electron chi connectivity index (χ2n) is 3.81. The number of unbranched alkanes of at least 4 members (excludes halogenated alkanes) is 2. The molecule has 0 rings (SSSR count). The smallest absolute Gasteiger partial charge is 0.305 e. The molecule has 0 saturated heterocycles. The summed E-state index contributed by atoms with van der Waals surface area (Å²) in [7, 11) is 0. The van der Waals surface area contributed by atoms with Crippen molar-refractivity contribution in [3.8, 4) is 0 Å². The Morgan fingerprint density at radius 3 is 2.61 bits per heavy atom. The van der Waals surface area contributed by atoms with Gasteiger partial charge in [0.25, 0.3) is 0 Å². The van der Waals surface area contributed by atoms with E-state index in [0.29, 0.717) is 13.0 Å². The van der Waals surface area contributed by atoms with Gasteiger partial charge in [0, 0.05) is 17.9 Å². The lowest BCUT2D eigenvalue weighted by atomic mass is 10.1. The summed E-state index contributed by atoms with van der Waals surface area (Å²) in [5, 5.41) is 23.2. The number of hydrogen-bond acceptors (Lipinski definition) is 4. The Hall–Kier alpha value is -1.79. The van der Waals surface area contributed by atoms with Crippen LogP contribution in [0.4, 0.5) is 0 Å². The fourth-order valence-electron chi connectivity index (χ4n) is 1.36. The van der Waals surface area contributed by atoms with E-state index in [2.05, 4.69) is 15.3 Å². The first-order valence-corrected chi connectivity index (χ1v) is 5.73. The number of azide groups is 1. The molecule has 0 radical (unpaired) electrons. The Morgan fingerprint density at radius 2 is 2.06 bits per heavy atom. The van der Waals surface area contributed by atoms with E-state index in [1.807, 2.05) is 0 Å². The maximum absolute atomic E-state index is 11.4. The number of aliphatic hydroxyl groups is 1. The molecule has 102 valence electrons. The van der Waals surface area contributed by atoms with Crippen LogP contribution in [0.25, 0.3) is 10.4 Å². The number of aliphatic carboxylic acids is 1. The molecule has 3 N–H and O–H groups in total. The van der Waals surface area contributed by atoms with Crippen molar-refractivity contribution < 1.29 is 19.8 Å². The highest BCUT2D eigenvalue weighted by molar-refractivity contribution is 5.77. The maximum Gasteiger partial charge on any atom is 0.305 e. The van der Waals surface area contributed by atoms with Crippen LogP contribution in [0.15, 0.2) is 5.11 Å². The van der Waals surface area contributed by atoms with Gasteiger partial charge in [-0.3, -0.25) is 9.59 Å². The minimum atomic E-state index is -1.07. The van der Waals surface area contributed by atoms with Gasteiger partial charge in [-0.2, -0.15) is 0 Å². The van der Waals surface area contributed by atoms with E-state index in [4.69, 9.17) is 15.7 Å². The Balaban J connectivity index is 3.68. The van der Waals surface area contributed by atoms with Gasteiger partial charge in [-0.1, -0.05) is 11.5 Å². The molecule has 0 aliphatic rings. The van der Waals surface area contributed by atoms with Gasteiger partial charge in [0.15, 0.2) is 0 Å². The molecule has 8 nitrogen and oxygen atoms in total. The van der Waals surface area contributed by atoms with E-state index >= 15 is 0 Å². The van der Waals surface area contributed by atoms with Gasteiger partial charge in [-0.05, 0) is 18.4 Å². The molecular formula is C10H18N4O4. The van der Waals surface area contributed by atoms with Gasteiger partial charge in [-0.25, -0.2) is 0 Å². The summed E-state index contributed by atoms with van der Waals surface area (Å²) in [5.74, 6) is -1.34. The Kier molecular flexibility index (Phi) is 9.34. The summed E-state index contributed by atoms with van der Waals surface area (Å²) >= 11 is 0. The van der Waals surface area contributed by atoms with Crippen LogP contribution in [0, 0.1) is 0 Å². The molecule has 0 unspecified atom stereocenters. The lowest BCUT2D eigenvalue weighted by molar-refractivity contribution is -0.138. The third kappa shape index (κ3) is 9.44. The maximum atomic E-state index is 11.4. The zero-order valence-corrected chi connectivity index (χ0v) is 10.1. The number of nitrogens with zero attached hydrogens (tertiary/aromatic N) is 3. The largest absolute Gasteiger partial charge is 0.481 e. The molecular weight excluding hydrogens is 240 g/mol. The van der Waals surface area contributed by atoms with E-state index in [1.54, 1.807) is 0 Å². The fourth-order valence-corrected chi connectivity index (χ4v) is 1.36. The molecule has 0 aromatic carbocycles. The van der Waals surface area contributed by atoms with Gasteiger partial charge in [0.1, 0.15) is 0 Å². The molecule has 0 saturated carbocycles. The third-order valence-electron chi connectivity index (χ3n) is 2.23. The van der Waals surface area contributed by atoms with Crippen molar-refractivity contribution in [3.05, 3.63) is 10.4 Å². The van der Waals surface area contributed by atoms with E-state index in [0.717, 1.165) is 12.8 Å². The van der Waals surface area contributed by atoms with Crippen LogP contribution in [-0.2, 0) is 9.59 Å². The minimum absolute atomic E-state index is 0.270. The zero-order valence-electron chi connectivity index (χ0n) is 10.1. The van der Waals surface area contributed by atoms with Crippen molar-refractivity contribution in [1.29, 1.82) is 0 Å². The molecule has 1 atom stereocenters. The van der Waals surface area contributed by atoms with E-state index in [9.17, 15) is 9.59 Å². The number of rotatable bonds is 10. The summed E-state index contributed by atoms with van der Waals surface area (Å²) < 4.78 is 0. The summed E-state index contributed by atoms with van der Waals surface area (Å²) in [4.78, 5) is 24.4. The predicted molar refractivity (Wildman–Crippen MR) is 63.8 cm³/mol. The first kappa shape index (κ1) is 16.2. The average molecular weight is 258 g/mol. The second kappa shape index (κ2) is 10.4. The van der Waals surface area contributed by atoms with Crippen LogP contribution in [-0.4, -0.2) is 41.3 Å². The van der Waals surface area contributed by atoms with Crippen LogP contribution in [0.1, 0.15) is 32.1 Å². The average Bonchev–Trinajstić information content (AvgIpc) is 2.32. The van der Waals surface area contributed by atoms with Gasteiger partial charge in [0.2, 0.25) is 5.91 Å². The normalized spacial score (nSPS) is 11.4. The quantitative estimate of drug-likeness (QED) is 0.231. The summed E-state index contributed by atoms with van der Waals surface area (Å²) in [5.41, 5.74) is 8.03. The Bertz CT molecular complexity index is 315. The molecule has 0 fully saturated rings. The molecule has 0 aliphatic heterocycles. The van der Waals surface area contributed by atoms with E-state index in [1.165, 1.54) is 0 Å². The van der Waals surface area contributed by atoms with Crippen molar-refractivity contribution in [2.75, 3.05) is 13.2 Å². The van der Waals surface area contributed by atoms with Crippen LogP contribution < -0.4 is 5.32 Å². The van der Waals surface area contributed by atoms with Crippen molar-refractivity contribution in [2.24, 2.45) is 5.11 Å². The second-order valence-corrected chi connectivity index (χ2v) is 3.81. The topological polar surface area (TPSA) is 135 Å². The summed E-state index contributed by atoms with van der Waals surface area (Å²) in [6, 6.07) is -0.738. The number of nitrogens with one attached hydrogen (secondary N) is 1. The van der Waals surface area contributed by atoms with Gasteiger partial charge in [-0.15, -0.1) is 0 Å². The standard InChI is InChI=1S/C10H18N4O4/c11-14-12-5-3-1-2-4-9(16)13-8(7-15)6-10(17)18/h8,15H,1-7H2,(H,13,16)(H,17,18)/t8-/m0/s1. The van der Waals surface area contributed by atoms with Crippen LogP contribution in [0.5, 0.6) is 0 Å². The SMILES string of the molecule is [N-]=[N+]=NCCCCCC(=O)N[C@H](CO)CC(=O)O. The number of carboxylic acids is 1. The molecule has 0 heterocycles. The molecule has 0 aliphatic carbocycles. The van der Waals surface area contributed by atoms with Gasteiger partial charge in [0.05, 0.1) is 19.1 Å². The molecule has 0 aromatic heterocycles. The molecule has 18 heavy (non-hydrogen) atoms. The summed E-state index contributed by atoms with van der Waals surface area (Å²) in [6.45, 7) is 0.0192. The Labute approximate surface area is 105 Å². The highest BCUT2D eigenvalue weighted by Crippen LogP contribution is 2.01. The Morgan fingerprint density at radius 1 is 1.33 bits per heavy atom. The lowest BCUT2D eigenvalue weighted by Gasteiger charge is -2.13. The molecule has 1 amide bonds. The van der Waals surface area contributed by atoms with Crippen molar-refractivity contribution in [1.82, 2.24) is 5.32 Å². The number of carboxylic acid groups (broad SMARTS) is 1. The van der Waals surface area contributed by atoms with Crippen LogP contribution in [0.3, 0.4) is 0 Å². The molecule has 8 heteroatoms. The number of amides is 1. The number of aliphatic hydroxyl groups excluding tert-OH is 1. The van der Waals surface area contributed by atoms with E-state index in [-0.39, 0.29) is 18.7 Å². The lowest BCUT2D eigenvalue weighted by Crippen LogP contribution is -2.38. The highest BCUT2D eigenvalue weighted by Gasteiger charge is 2.14. The first-order chi connectivity index (χ1) is 8.60. The van der Waals surface area contributed by atoms with Gasteiger partial charge < -0.3 is 15.5 Å². The minimum Gasteiger partial charge on any atom is -0.481 e.